The molecule has 0 fully saturated rings. The van der Waals surface area contributed by atoms with E-state index >= 15 is 0 Å². The fourth-order valence-electron chi connectivity index (χ4n) is 2.61. The summed E-state index contributed by atoms with van der Waals surface area (Å²) in [6.45, 7) is 0. The second kappa shape index (κ2) is 7.25. The lowest BCUT2D eigenvalue weighted by Gasteiger charge is -2.05. The molecular formula is C22H14FNO3. The number of halogens is 1. The van der Waals surface area contributed by atoms with E-state index in [4.69, 9.17) is 9.47 Å². The molecule has 0 bridgehead atoms. The summed E-state index contributed by atoms with van der Waals surface area (Å²) in [5.74, 6) is 0.176. The van der Waals surface area contributed by atoms with Gasteiger partial charge in [-0.1, -0.05) is 42.5 Å². The van der Waals surface area contributed by atoms with Gasteiger partial charge in [0, 0.05) is 0 Å². The van der Waals surface area contributed by atoms with Gasteiger partial charge in [0.05, 0.1) is 5.56 Å². The van der Waals surface area contributed by atoms with Gasteiger partial charge in [-0.2, -0.15) is 0 Å². The van der Waals surface area contributed by atoms with Crippen molar-refractivity contribution in [3.63, 3.8) is 0 Å². The Labute approximate surface area is 155 Å². The maximum atomic E-state index is 13.9. The lowest BCUT2D eigenvalue weighted by molar-refractivity contribution is -0.129. The van der Waals surface area contributed by atoms with Gasteiger partial charge >= 0.3 is 5.97 Å². The van der Waals surface area contributed by atoms with Gasteiger partial charge in [-0.15, -0.1) is 0 Å². The number of carbonyl (C=O) groups excluding carboxylic acids is 1. The van der Waals surface area contributed by atoms with Gasteiger partial charge in [0.25, 0.3) is 0 Å². The van der Waals surface area contributed by atoms with Crippen molar-refractivity contribution >= 4 is 17.9 Å². The van der Waals surface area contributed by atoms with Gasteiger partial charge in [0.15, 0.2) is 5.70 Å². The Hall–Kier alpha value is -3.73. The highest BCUT2D eigenvalue weighted by atomic mass is 19.1. The van der Waals surface area contributed by atoms with Gasteiger partial charge in [-0.25, -0.2) is 14.2 Å². The second-order valence-corrected chi connectivity index (χ2v) is 5.80. The molecule has 0 saturated carbocycles. The first kappa shape index (κ1) is 16.7. The molecule has 5 heteroatoms. The normalized spacial score (nSPS) is 14.8. The fourth-order valence-corrected chi connectivity index (χ4v) is 2.61. The smallest absolute Gasteiger partial charge is 0.363 e. The fraction of sp³-hybridized carbons (Fsp3) is 0. The van der Waals surface area contributed by atoms with Crippen LogP contribution in [0, 0.1) is 5.82 Å². The summed E-state index contributed by atoms with van der Waals surface area (Å²) in [6.07, 6.45) is 1.58. The number of hydrogen-bond acceptors (Lipinski definition) is 4. The number of rotatable bonds is 4. The molecule has 4 rings (SSSR count). The van der Waals surface area contributed by atoms with Crippen LogP contribution in [0.3, 0.4) is 0 Å². The Morgan fingerprint density at radius 2 is 1.63 bits per heavy atom. The first-order valence-electron chi connectivity index (χ1n) is 8.29. The maximum absolute atomic E-state index is 13.9. The number of para-hydroxylation sites is 1. The van der Waals surface area contributed by atoms with Crippen LogP contribution >= 0.6 is 0 Å². The minimum absolute atomic E-state index is 0.0407. The summed E-state index contributed by atoms with van der Waals surface area (Å²) in [6, 6.07) is 22.6. The Balaban J connectivity index is 1.61. The molecule has 0 N–H and O–H groups in total. The third-order valence-electron chi connectivity index (χ3n) is 3.87. The lowest BCUT2D eigenvalue weighted by atomic mass is 10.2. The van der Waals surface area contributed by atoms with Crippen molar-refractivity contribution in [2.75, 3.05) is 0 Å². The summed E-state index contributed by atoms with van der Waals surface area (Å²) >= 11 is 0. The van der Waals surface area contributed by atoms with E-state index in [1.165, 1.54) is 12.1 Å². The second-order valence-electron chi connectivity index (χ2n) is 5.80. The van der Waals surface area contributed by atoms with Crippen LogP contribution in [0.25, 0.3) is 6.08 Å². The highest BCUT2D eigenvalue weighted by Gasteiger charge is 2.25. The van der Waals surface area contributed by atoms with E-state index in [2.05, 4.69) is 4.99 Å². The minimum Gasteiger partial charge on any atom is -0.457 e. The van der Waals surface area contributed by atoms with Crippen molar-refractivity contribution in [2.24, 2.45) is 4.99 Å². The molecule has 27 heavy (non-hydrogen) atoms. The predicted molar refractivity (Wildman–Crippen MR) is 100.0 cm³/mol. The first-order chi connectivity index (χ1) is 13.2. The minimum atomic E-state index is -0.623. The third kappa shape index (κ3) is 3.77. The standard InChI is InChI=1S/C22H14FNO3/c23-19-12-5-4-11-18(19)21-24-20(22(25)27-21)14-15-7-6-10-17(13-15)26-16-8-2-1-3-9-16/h1-14H/b20-14+. The molecule has 0 amide bonds. The Bertz CT molecular complexity index is 1060. The summed E-state index contributed by atoms with van der Waals surface area (Å²) in [4.78, 5) is 16.2. The van der Waals surface area contributed by atoms with Crippen LogP contribution in [-0.4, -0.2) is 11.9 Å². The third-order valence-corrected chi connectivity index (χ3v) is 3.87. The van der Waals surface area contributed by atoms with Crippen molar-refractivity contribution < 1.29 is 18.7 Å². The van der Waals surface area contributed by atoms with Crippen LogP contribution in [-0.2, 0) is 9.53 Å². The highest BCUT2D eigenvalue weighted by Crippen LogP contribution is 2.25. The Kier molecular flexibility index (Phi) is 4.49. The number of esters is 1. The van der Waals surface area contributed by atoms with Crippen molar-refractivity contribution in [3.05, 3.63) is 102 Å². The van der Waals surface area contributed by atoms with Gasteiger partial charge < -0.3 is 9.47 Å². The van der Waals surface area contributed by atoms with Crippen LogP contribution in [0.15, 0.2) is 89.6 Å². The quantitative estimate of drug-likeness (QED) is 0.488. The molecule has 1 heterocycles. The largest absolute Gasteiger partial charge is 0.457 e. The van der Waals surface area contributed by atoms with Crippen molar-refractivity contribution in [1.82, 2.24) is 0 Å². The first-order valence-corrected chi connectivity index (χ1v) is 8.29. The predicted octanol–water partition coefficient (Wildman–Crippen LogP) is 4.96. The molecule has 0 unspecified atom stereocenters. The van der Waals surface area contributed by atoms with Crippen molar-refractivity contribution in [2.45, 2.75) is 0 Å². The number of carbonyl (C=O) groups is 1. The number of nitrogens with zero attached hydrogens (tertiary/aromatic N) is 1. The van der Waals surface area contributed by atoms with E-state index in [-0.39, 0.29) is 17.2 Å². The van der Waals surface area contributed by atoms with Crippen LogP contribution in [0.5, 0.6) is 11.5 Å². The van der Waals surface area contributed by atoms with Gasteiger partial charge in [0.2, 0.25) is 5.90 Å². The van der Waals surface area contributed by atoms with Gasteiger partial charge in [-0.05, 0) is 48.0 Å². The average Bonchev–Trinajstić information content (AvgIpc) is 3.03. The van der Waals surface area contributed by atoms with Crippen molar-refractivity contribution in [1.29, 1.82) is 0 Å². The summed E-state index contributed by atoms with van der Waals surface area (Å²) in [5.41, 5.74) is 0.967. The van der Waals surface area contributed by atoms with Gasteiger partial charge in [0.1, 0.15) is 17.3 Å². The molecular weight excluding hydrogens is 345 g/mol. The monoisotopic (exact) mass is 359 g/mol. The van der Waals surface area contributed by atoms with Crippen LogP contribution in [0.2, 0.25) is 0 Å². The average molecular weight is 359 g/mol. The van der Waals surface area contributed by atoms with Crippen molar-refractivity contribution in [3.8, 4) is 11.5 Å². The zero-order chi connectivity index (χ0) is 18.6. The number of benzene rings is 3. The summed E-state index contributed by atoms with van der Waals surface area (Å²) in [7, 11) is 0. The molecule has 0 spiro atoms. The molecule has 1 aliphatic rings. The molecule has 0 atom stereocenters. The maximum Gasteiger partial charge on any atom is 0.363 e. The molecule has 0 saturated heterocycles. The molecule has 1 aliphatic heterocycles. The van der Waals surface area contributed by atoms with E-state index in [0.29, 0.717) is 17.1 Å². The number of cyclic esters (lactones) is 1. The topological polar surface area (TPSA) is 47.9 Å². The molecule has 3 aromatic rings. The van der Waals surface area contributed by atoms with Crippen LogP contribution in [0.1, 0.15) is 11.1 Å². The lowest BCUT2D eigenvalue weighted by Crippen LogP contribution is -2.07. The highest BCUT2D eigenvalue weighted by molar-refractivity contribution is 6.12. The van der Waals surface area contributed by atoms with E-state index in [9.17, 15) is 9.18 Å². The number of ether oxygens (including phenoxy) is 2. The molecule has 0 radical (unpaired) electrons. The van der Waals surface area contributed by atoms with E-state index in [1.807, 2.05) is 48.5 Å². The summed E-state index contributed by atoms with van der Waals surface area (Å²) < 4.78 is 24.8. The van der Waals surface area contributed by atoms with Crippen LogP contribution in [0.4, 0.5) is 4.39 Å². The zero-order valence-corrected chi connectivity index (χ0v) is 14.1. The molecule has 132 valence electrons. The van der Waals surface area contributed by atoms with E-state index < -0.39 is 11.8 Å². The van der Waals surface area contributed by atoms with Crippen LogP contribution < -0.4 is 4.74 Å². The molecule has 3 aromatic carbocycles. The molecule has 0 aromatic heterocycles. The Morgan fingerprint density at radius 3 is 2.44 bits per heavy atom. The zero-order valence-electron chi connectivity index (χ0n) is 14.1. The Morgan fingerprint density at radius 1 is 0.889 bits per heavy atom. The molecule has 4 nitrogen and oxygen atoms in total. The van der Waals surface area contributed by atoms with E-state index in [0.717, 1.165) is 0 Å². The molecule has 0 aliphatic carbocycles. The number of aliphatic imine (C=N–C) groups is 1. The van der Waals surface area contributed by atoms with E-state index in [1.54, 1.807) is 24.3 Å². The number of hydrogen-bond donors (Lipinski definition) is 0. The SMILES string of the molecule is O=C1OC(c2ccccc2F)=N/C1=C/c1cccc(Oc2ccccc2)c1. The van der Waals surface area contributed by atoms with Gasteiger partial charge in [-0.3, -0.25) is 0 Å². The summed E-state index contributed by atoms with van der Waals surface area (Å²) in [5, 5.41) is 0.